The van der Waals surface area contributed by atoms with E-state index in [9.17, 15) is 0 Å². The van der Waals surface area contributed by atoms with Crippen LogP contribution >= 0.6 is 11.3 Å². The summed E-state index contributed by atoms with van der Waals surface area (Å²) in [7, 11) is 0. The van der Waals surface area contributed by atoms with E-state index in [0.717, 1.165) is 33.4 Å². The molecule has 0 aliphatic heterocycles. The molecule has 0 fully saturated rings. The molecule has 0 saturated carbocycles. The Morgan fingerprint density at radius 2 is 0.735 bits per heavy atom. The maximum Gasteiger partial charge on any atom is 0.164 e. The zero-order chi connectivity index (χ0) is 32.6. The first-order chi connectivity index (χ1) is 24.3. The van der Waals surface area contributed by atoms with Crippen LogP contribution in [0.3, 0.4) is 0 Å². The highest BCUT2D eigenvalue weighted by molar-refractivity contribution is 7.26. The first kappa shape index (κ1) is 29.0. The van der Waals surface area contributed by atoms with Gasteiger partial charge in [-0.05, 0) is 39.4 Å². The van der Waals surface area contributed by atoms with E-state index in [4.69, 9.17) is 15.0 Å². The van der Waals surface area contributed by atoms with Gasteiger partial charge in [0.2, 0.25) is 0 Å². The topological polar surface area (TPSA) is 38.7 Å². The number of rotatable bonds is 6. The van der Waals surface area contributed by atoms with Gasteiger partial charge in [-0.15, -0.1) is 11.3 Å². The summed E-state index contributed by atoms with van der Waals surface area (Å²) >= 11 is 1.85. The van der Waals surface area contributed by atoms with Crippen LogP contribution in [0.2, 0.25) is 0 Å². The minimum atomic E-state index is 0.640. The van der Waals surface area contributed by atoms with Gasteiger partial charge in [-0.25, -0.2) is 15.0 Å². The quantitative estimate of drug-likeness (QED) is 0.181. The van der Waals surface area contributed by atoms with Gasteiger partial charge < -0.3 is 0 Å². The van der Waals surface area contributed by atoms with Crippen molar-refractivity contribution >= 4 is 31.5 Å². The highest BCUT2D eigenvalue weighted by Crippen LogP contribution is 2.40. The summed E-state index contributed by atoms with van der Waals surface area (Å²) in [6, 6.07) is 61.5. The van der Waals surface area contributed by atoms with Gasteiger partial charge >= 0.3 is 0 Å². The highest BCUT2D eigenvalue weighted by atomic mass is 32.1. The van der Waals surface area contributed by atoms with E-state index < -0.39 is 0 Å². The third kappa shape index (κ3) is 5.48. The number of nitrogens with zero attached hydrogens (tertiary/aromatic N) is 3. The van der Waals surface area contributed by atoms with E-state index in [0.29, 0.717) is 17.5 Å². The average molecular weight is 644 g/mol. The molecule has 0 N–H and O–H groups in total. The van der Waals surface area contributed by atoms with Gasteiger partial charge in [0, 0.05) is 36.9 Å². The van der Waals surface area contributed by atoms with E-state index in [-0.39, 0.29) is 0 Å². The number of hydrogen-bond acceptors (Lipinski definition) is 4. The first-order valence-corrected chi connectivity index (χ1v) is 17.2. The molecule has 7 aromatic carbocycles. The van der Waals surface area contributed by atoms with Gasteiger partial charge in [-0.3, -0.25) is 0 Å². The Balaban J connectivity index is 1.16. The van der Waals surface area contributed by atoms with Crippen molar-refractivity contribution in [1.82, 2.24) is 15.0 Å². The number of fused-ring (bicyclic) bond motifs is 3. The molecule has 0 atom stereocenters. The van der Waals surface area contributed by atoms with E-state index in [1.807, 2.05) is 29.5 Å². The van der Waals surface area contributed by atoms with Crippen LogP contribution in [-0.4, -0.2) is 15.0 Å². The van der Waals surface area contributed by atoms with E-state index >= 15 is 0 Å². The molecule has 2 aromatic heterocycles. The van der Waals surface area contributed by atoms with Gasteiger partial charge in [0.05, 0.1) is 0 Å². The van der Waals surface area contributed by atoms with Crippen LogP contribution in [0.15, 0.2) is 176 Å². The van der Waals surface area contributed by atoms with Crippen molar-refractivity contribution in [3.8, 4) is 67.5 Å². The molecule has 9 rings (SSSR count). The van der Waals surface area contributed by atoms with Crippen molar-refractivity contribution in [2.75, 3.05) is 0 Å². The highest BCUT2D eigenvalue weighted by Gasteiger charge is 2.16. The number of benzene rings is 7. The zero-order valence-corrected chi connectivity index (χ0v) is 27.3. The zero-order valence-electron chi connectivity index (χ0n) is 26.5. The fourth-order valence-corrected chi connectivity index (χ4v) is 7.76. The fourth-order valence-electron chi connectivity index (χ4n) is 6.52. The van der Waals surface area contributed by atoms with Gasteiger partial charge in [-0.1, -0.05) is 170 Å². The maximum absolute atomic E-state index is 5.11. The molecule has 0 aliphatic rings. The third-order valence-electron chi connectivity index (χ3n) is 9.00. The van der Waals surface area contributed by atoms with Crippen molar-refractivity contribution in [3.05, 3.63) is 176 Å². The summed E-state index contributed by atoms with van der Waals surface area (Å²) in [5.74, 6) is 1.92. The Morgan fingerprint density at radius 3 is 1.43 bits per heavy atom. The SMILES string of the molecule is c1ccc(-c2ccc(-c3nc(-c4ccc(-c5cccc6c5sc5ccccc56)cc4)nc(-c4ccccc4-c4ccccc4)n3)cc2)cc1. The van der Waals surface area contributed by atoms with E-state index in [1.165, 1.54) is 36.9 Å². The molecule has 3 nitrogen and oxygen atoms in total. The Kier molecular flexibility index (Phi) is 7.34. The van der Waals surface area contributed by atoms with E-state index in [2.05, 4.69) is 158 Å². The fraction of sp³-hybridized carbons (Fsp3) is 0. The molecular formula is C45H29N3S. The minimum Gasteiger partial charge on any atom is -0.208 e. The Hall–Kier alpha value is -6.23. The molecule has 0 radical (unpaired) electrons. The molecule has 230 valence electrons. The molecule has 2 heterocycles. The van der Waals surface area contributed by atoms with Crippen LogP contribution in [0.25, 0.3) is 87.7 Å². The summed E-state index contributed by atoms with van der Waals surface area (Å²) in [5, 5.41) is 2.60. The molecule has 4 heteroatoms. The van der Waals surface area contributed by atoms with Crippen LogP contribution in [0, 0.1) is 0 Å². The number of thiophene rings is 1. The standard InChI is InChI=1S/C45H29N3S/c1-3-12-30(13-4-1)31-22-26-34(27-23-31)43-46-44(48-45(47-43)40-18-8-7-16-36(40)32-14-5-2-6-15-32)35-28-24-33(25-29-35)37-19-11-20-39-38-17-9-10-21-41(38)49-42(37)39/h1-29H. The molecular weight excluding hydrogens is 615 g/mol. The monoisotopic (exact) mass is 643 g/mol. The Labute approximate surface area is 288 Å². The molecule has 0 spiro atoms. The lowest BCUT2D eigenvalue weighted by atomic mass is 9.99. The number of hydrogen-bond donors (Lipinski definition) is 0. The van der Waals surface area contributed by atoms with Crippen molar-refractivity contribution in [2.24, 2.45) is 0 Å². The molecule has 0 bridgehead atoms. The Bertz CT molecular complexity index is 2570. The van der Waals surface area contributed by atoms with Gasteiger partial charge in [-0.2, -0.15) is 0 Å². The van der Waals surface area contributed by atoms with Crippen molar-refractivity contribution in [3.63, 3.8) is 0 Å². The summed E-state index contributed by atoms with van der Waals surface area (Å²) in [6.07, 6.45) is 0. The van der Waals surface area contributed by atoms with E-state index in [1.54, 1.807) is 0 Å². The lowest BCUT2D eigenvalue weighted by Crippen LogP contribution is -2.01. The summed E-state index contributed by atoms with van der Waals surface area (Å²) in [4.78, 5) is 15.3. The molecule has 0 aliphatic carbocycles. The van der Waals surface area contributed by atoms with Gasteiger partial charge in [0.15, 0.2) is 17.5 Å². The third-order valence-corrected chi connectivity index (χ3v) is 10.2. The predicted molar refractivity (Wildman–Crippen MR) is 205 cm³/mol. The minimum absolute atomic E-state index is 0.640. The largest absolute Gasteiger partial charge is 0.208 e. The van der Waals surface area contributed by atoms with Crippen LogP contribution in [0.1, 0.15) is 0 Å². The van der Waals surface area contributed by atoms with Crippen molar-refractivity contribution in [2.45, 2.75) is 0 Å². The first-order valence-electron chi connectivity index (χ1n) is 16.4. The normalized spacial score (nSPS) is 11.3. The van der Waals surface area contributed by atoms with Crippen molar-refractivity contribution in [1.29, 1.82) is 0 Å². The second-order valence-electron chi connectivity index (χ2n) is 12.0. The van der Waals surface area contributed by atoms with Crippen LogP contribution < -0.4 is 0 Å². The van der Waals surface area contributed by atoms with Crippen molar-refractivity contribution < 1.29 is 0 Å². The summed E-state index contributed by atoms with van der Waals surface area (Å²) in [6.45, 7) is 0. The van der Waals surface area contributed by atoms with Gasteiger partial charge in [0.25, 0.3) is 0 Å². The Morgan fingerprint density at radius 1 is 0.286 bits per heavy atom. The van der Waals surface area contributed by atoms with Crippen LogP contribution in [0.5, 0.6) is 0 Å². The predicted octanol–water partition coefficient (Wildman–Crippen LogP) is 12.2. The molecule has 0 unspecified atom stereocenters. The van der Waals surface area contributed by atoms with Crippen LogP contribution in [0.4, 0.5) is 0 Å². The smallest absolute Gasteiger partial charge is 0.164 e. The lowest BCUT2D eigenvalue weighted by Gasteiger charge is -2.12. The molecule has 9 aromatic rings. The molecule has 0 saturated heterocycles. The maximum atomic E-state index is 5.11. The lowest BCUT2D eigenvalue weighted by molar-refractivity contribution is 1.07. The van der Waals surface area contributed by atoms with Crippen LogP contribution in [-0.2, 0) is 0 Å². The number of aromatic nitrogens is 3. The average Bonchev–Trinajstić information content (AvgIpc) is 3.58. The van der Waals surface area contributed by atoms with Gasteiger partial charge in [0.1, 0.15) is 0 Å². The summed E-state index contributed by atoms with van der Waals surface area (Å²) < 4.78 is 2.61. The second-order valence-corrected chi connectivity index (χ2v) is 13.1. The molecule has 0 amide bonds. The molecule has 49 heavy (non-hydrogen) atoms. The second kappa shape index (κ2) is 12.4. The summed E-state index contributed by atoms with van der Waals surface area (Å²) in [5.41, 5.74) is 9.77.